The Morgan fingerprint density at radius 3 is 2.29 bits per heavy atom. The molecule has 1 aromatic carbocycles. The molecule has 0 heterocycles. The van der Waals surface area contributed by atoms with Crippen molar-refractivity contribution < 1.29 is 12.6 Å². The van der Waals surface area contributed by atoms with E-state index < -0.39 is 15.4 Å². The number of hydrogen-bond donors (Lipinski definition) is 0. The van der Waals surface area contributed by atoms with Crippen LogP contribution in [-0.4, -0.2) is 15.5 Å². The van der Waals surface area contributed by atoms with E-state index in [2.05, 4.69) is 0 Å². The Bertz CT molecular complexity index is 483. The molecule has 1 atom stereocenters. The molecule has 0 spiro atoms. The quantitative estimate of drug-likeness (QED) is 0.611. The highest BCUT2D eigenvalue weighted by molar-refractivity contribution is 7.87. The van der Waals surface area contributed by atoms with E-state index in [9.17, 15) is 8.42 Å². The first-order valence-corrected chi connectivity index (χ1v) is 7.11. The topological polar surface area (TPSA) is 43.4 Å². The summed E-state index contributed by atoms with van der Waals surface area (Å²) >= 11 is 0. The zero-order valence-corrected chi connectivity index (χ0v) is 10.6. The van der Waals surface area contributed by atoms with Gasteiger partial charge in [-0.15, -0.1) is 0 Å². The lowest BCUT2D eigenvalue weighted by molar-refractivity contribution is 0.369. The van der Waals surface area contributed by atoms with E-state index in [0.29, 0.717) is 0 Å². The fourth-order valence-electron chi connectivity index (χ4n) is 2.31. The molecule has 0 saturated carbocycles. The van der Waals surface area contributed by atoms with Gasteiger partial charge in [0.2, 0.25) is 0 Å². The molecule has 17 heavy (non-hydrogen) atoms. The van der Waals surface area contributed by atoms with Gasteiger partial charge in [0.05, 0.1) is 7.11 Å². The molecule has 0 N–H and O–H groups in total. The monoisotopic (exact) mass is 252 g/mol. The molecule has 3 nitrogen and oxygen atoms in total. The molecule has 1 aromatic rings. The van der Waals surface area contributed by atoms with Gasteiger partial charge in [-0.05, 0) is 24.3 Å². The van der Waals surface area contributed by atoms with Crippen LogP contribution in [0.25, 0.3) is 0 Å². The van der Waals surface area contributed by atoms with Crippen molar-refractivity contribution in [3.63, 3.8) is 0 Å². The Morgan fingerprint density at radius 1 is 1.18 bits per heavy atom. The van der Waals surface area contributed by atoms with E-state index in [-0.39, 0.29) is 5.92 Å². The minimum atomic E-state index is -3.54. The summed E-state index contributed by atoms with van der Waals surface area (Å²) in [6.45, 7) is 0. The Labute approximate surface area is 102 Å². The summed E-state index contributed by atoms with van der Waals surface area (Å²) in [7, 11) is -2.31. The molecule has 1 aliphatic rings. The van der Waals surface area contributed by atoms with Crippen molar-refractivity contribution in [2.75, 3.05) is 7.11 Å². The average Bonchev–Trinajstić information content (AvgIpc) is 2.84. The van der Waals surface area contributed by atoms with Gasteiger partial charge in [-0.25, -0.2) is 0 Å². The molecule has 0 fully saturated rings. The van der Waals surface area contributed by atoms with Gasteiger partial charge in [0.1, 0.15) is 5.25 Å². The molecule has 2 rings (SSSR count). The largest absolute Gasteiger partial charge is 0.274 e. The molecule has 0 saturated heterocycles. The Morgan fingerprint density at radius 2 is 1.76 bits per heavy atom. The molecular formula is C13H16O3S. The minimum absolute atomic E-state index is 0.0855. The van der Waals surface area contributed by atoms with Crippen LogP contribution in [0.1, 0.15) is 23.7 Å². The fourth-order valence-corrected chi connectivity index (χ4v) is 3.70. The van der Waals surface area contributed by atoms with Crippen molar-refractivity contribution in [2.45, 2.75) is 18.1 Å². The summed E-state index contributed by atoms with van der Waals surface area (Å²) in [5, 5.41) is -0.566. The van der Waals surface area contributed by atoms with Gasteiger partial charge >= 0.3 is 0 Å². The molecular weight excluding hydrogens is 236 g/mol. The van der Waals surface area contributed by atoms with Crippen LogP contribution in [0.2, 0.25) is 0 Å². The Kier molecular flexibility index (Phi) is 3.64. The van der Waals surface area contributed by atoms with Gasteiger partial charge in [-0.1, -0.05) is 42.5 Å². The first-order valence-electron chi connectivity index (χ1n) is 5.64. The predicted octanol–water partition coefficient (Wildman–Crippen LogP) is 2.67. The molecule has 0 aromatic heterocycles. The van der Waals surface area contributed by atoms with E-state index >= 15 is 0 Å². The molecule has 92 valence electrons. The maximum absolute atomic E-state index is 12.0. The smallest absolute Gasteiger partial charge is 0.273 e. The summed E-state index contributed by atoms with van der Waals surface area (Å²) in [5.74, 6) is 0.0855. The molecule has 0 aliphatic heterocycles. The van der Waals surface area contributed by atoms with Crippen molar-refractivity contribution in [3.05, 3.63) is 48.0 Å². The van der Waals surface area contributed by atoms with Crippen molar-refractivity contribution in [1.82, 2.24) is 0 Å². The van der Waals surface area contributed by atoms with E-state index in [4.69, 9.17) is 4.18 Å². The molecule has 1 unspecified atom stereocenters. The number of benzene rings is 1. The number of rotatable bonds is 4. The van der Waals surface area contributed by atoms with E-state index in [1.54, 1.807) is 0 Å². The first kappa shape index (κ1) is 12.3. The van der Waals surface area contributed by atoms with Crippen molar-refractivity contribution >= 4 is 10.1 Å². The zero-order chi connectivity index (χ0) is 12.3. The summed E-state index contributed by atoms with van der Waals surface area (Å²) in [6, 6.07) is 9.29. The van der Waals surface area contributed by atoms with Crippen LogP contribution in [-0.2, 0) is 14.3 Å². The van der Waals surface area contributed by atoms with Gasteiger partial charge in [0.25, 0.3) is 10.1 Å². The molecule has 0 bridgehead atoms. The van der Waals surface area contributed by atoms with Crippen LogP contribution in [0.4, 0.5) is 0 Å². The highest BCUT2D eigenvalue weighted by Crippen LogP contribution is 2.38. The standard InChI is InChI=1S/C13H16O3S/c1-16-17(14,15)13(12-9-5-6-10-12)11-7-3-2-4-8-11/h2-8,12-13H,9-10H2,1H3. The second-order valence-corrected chi connectivity index (χ2v) is 6.02. The average molecular weight is 252 g/mol. The molecule has 1 aliphatic carbocycles. The highest BCUT2D eigenvalue weighted by Gasteiger charge is 2.35. The fraction of sp³-hybridized carbons (Fsp3) is 0.385. The maximum Gasteiger partial charge on any atom is 0.274 e. The number of allylic oxidation sites excluding steroid dienone is 2. The van der Waals surface area contributed by atoms with E-state index in [1.807, 2.05) is 42.5 Å². The van der Waals surface area contributed by atoms with Crippen LogP contribution in [0.5, 0.6) is 0 Å². The third-order valence-electron chi connectivity index (χ3n) is 3.14. The minimum Gasteiger partial charge on any atom is -0.273 e. The van der Waals surface area contributed by atoms with Gasteiger partial charge in [-0.2, -0.15) is 8.42 Å². The molecule has 0 amide bonds. The lowest BCUT2D eigenvalue weighted by atomic mass is 9.97. The van der Waals surface area contributed by atoms with Crippen LogP contribution in [0, 0.1) is 5.92 Å². The number of hydrogen-bond acceptors (Lipinski definition) is 3. The van der Waals surface area contributed by atoms with Crippen molar-refractivity contribution in [1.29, 1.82) is 0 Å². The normalized spacial score (nSPS) is 18.4. The zero-order valence-electron chi connectivity index (χ0n) is 9.74. The summed E-state index contributed by atoms with van der Waals surface area (Å²) in [4.78, 5) is 0. The van der Waals surface area contributed by atoms with Crippen LogP contribution >= 0.6 is 0 Å². The van der Waals surface area contributed by atoms with E-state index in [1.165, 1.54) is 7.11 Å². The van der Waals surface area contributed by atoms with Gasteiger partial charge in [0.15, 0.2) is 0 Å². The predicted molar refractivity (Wildman–Crippen MR) is 67.0 cm³/mol. The lowest BCUT2D eigenvalue weighted by Gasteiger charge is -2.22. The van der Waals surface area contributed by atoms with Crippen LogP contribution in [0.15, 0.2) is 42.5 Å². The SMILES string of the molecule is COS(=O)(=O)C(c1ccccc1)C1CC=CC1. The highest BCUT2D eigenvalue weighted by atomic mass is 32.2. The Balaban J connectivity index is 2.38. The van der Waals surface area contributed by atoms with Crippen LogP contribution < -0.4 is 0 Å². The first-order chi connectivity index (χ1) is 8.15. The van der Waals surface area contributed by atoms with Crippen molar-refractivity contribution in [3.8, 4) is 0 Å². The van der Waals surface area contributed by atoms with Gasteiger partial charge in [-0.3, -0.25) is 4.18 Å². The van der Waals surface area contributed by atoms with Crippen LogP contribution in [0.3, 0.4) is 0 Å². The molecule has 4 heteroatoms. The third-order valence-corrected chi connectivity index (χ3v) is 4.89. The van der Waals surface area contributed by atoms with E-state index in [0.717, 1.165) is 18.4 Å². The summed E-state index contributed by atoms with van der Waals surface area (Å²) in [6.07, 6.45) is 5.65. The molecule has 0 radical (unpaired) electrons. The Hall–Kier alpha value is -1.13. The maximum atomic E-state index is 12.0. The third kappa shape index (κ3) is 2.58. The second-order valence-electron chi connectivity index (χ2n) is 4.19. The van der Waals surface area contributed by atoms with Gasteiger partial charge in [0, 0.05) is 0 Å². The van der Waals surface area contributed by atoms with Gasteiger partial charge < -0.3 is 0 Å². The summed E-state index contributed by atoms with van der Waals surface area (Å²) in [5.41, 5.74) is 0.808. The van der Waals surface area contributed by atoms with Crippen molar-refractivity contribution in [2.24, 2.45) is 5.92 Å². The second kappa shape index (κ2) is 5.02. The summed E-state index contributed by atoms with van der Waals surface area (Å²) < 4.78 is 28.8. The lowest BCUT2D eigenvalue weighted by Crippen LogP contribution is -2.21.